The van der Waals surface area contributed by atoms with Crippen molar-refractivity contribution in [3.05, 3.63) is 33.5 Å². The highest BCUT2D eigenvalue weighted by molar-refractivity contribution is 9.10. The molecule has 0 spiro atoms. The van der Waals surface area contributed by atoms with Crippen molar-refractivity contribution in [3.63, 3.8) is 0 Å². The fraction of sp³-hybridized carbons (Fsp3) is 0.533. The van der Waals surface area contributed by atoms with Crippen LogP contribution in [-0.2, 0) is 12.7 Å². The zero-order valence-corrected chi connectivity index (χ0v) is 13.3. The van der Waals surface area contributed by atoms with Gasteiger partial charge in [-0.1, -0.05) is 15.9 Å². The molecule has 0 bridgehead atoms. The Morgan fingerprint density at radius 2 is 2.09 bits per heavy atom. The van der Waals surface area contributed by atoms with E-state index in [9.17, 15) is 17.6 Å². The Hall–Kier alpha value is -1.13. The van der Waals surface area contributed by atoms with Crippen LogP contribution in [0.15, 0.2) is 16.6 Å². The Kier molecular flexibility index (Phi) is 5.45. The quantitative estimate of drug-likeness (QED) is 0.710. The molecule has 2 nitrogen and oxygen atoms in total. The third kappa shape index (κ3) is 4.20. The Morgan fingerprint density at radius 3 is 2.73 bits per heavy atom. The lowest BCUT2D eigenvalue weighted by atomic mass is 9.95. The van der Waals surface area contributed by atoms with Crippen LogP contribution in [0.3, 0.4) is 0 Å². The molecule has 2 rings (SSSR count). The van der Waals surface area contributed by atoms with Gasteiger partial charge in [0.25, 0.3) is 0 Å². The Bertz CT molecular complexity index is 580. The van der Waals surface area contributed by atoms with Gasteiger partial charge >= 0.3 is 6.18 Å². The van der Waals surface area contributed by atoms with Crippen molar-refractivity contribution < 1.29 is 17.6 Å². The van der Waals surface area contributed by atoms with Gasteiger partial charge in [0.05, 0.1) is 11.6 Å². The van der Waals surface area contributed by atoms with Gasteiger partial charge in [-0.3, -0.25) is 4.90 Å². The van der Waals surface area contributed by atoms with Crippen molar-refractivity contribution in [2.24, 2.45) is 5.92 Å². The van der Waals surface area contributed by atoms with Crippen LogP contribution in [0, 0.1) is 23.1 Å². The normalized spacial score (nSPS) is 19.9. The number of hydrogen-bond donors (Lipinski definition) is 0. The molecule has 22 heavy (non-hydrogen) atoms. The lowest BCUT2D eigenvalue weighted by molar-refractivity contribution is -0.138. The minimum absolute atomic E-state index is 0.0353. The van der Waals surface area contributed by atoms with Crippen LogP contribution in [-0.4, -0.2) is 18.0 Å². The van der Waals surface area contributed by atoms with Gasteiger partial charge in [-0.05, 0) is 37.4 Å². The number of nitriles is 1. The van der Waals surface area contributed by atoms with Crippen LogP contribution in [0.1, 0.15) is 30.4 Å². The molecule has 1 atom stereocenters. The first kappa shape index (κ1) is 17.2. The van der Waals surface area contributed by atoms with Gasteiger partial charge in [-0.2, -0.15) is 18.4 Å². The minimum Gasteiger partial charge on any atom is -0.299 e. The largest absolute Gasteiger partial charge is 0.417 e. The summed E-state index contributed by atoms with van der Waals surface area (Å²) in [5, 5.41) is 8.74. The molecule has 1 fully saturated rings. The number of halogens is 5. The van der Waals surface area contributed by atoms with Gasteiger partial charge in [-0.25, -0.2) is 4.39 Å². The Balaban J connectivity index is 2.17. The fourth-order valence-corrected chi connectivity index (χ4v) is 3.30. The molecule has 0 aliphatic carbocycles. The maximum Gasteiger partial charge on any atom is 0.417 e. The molecule has 1 heterocycles. The predicted molar refractivity (Wildman–Crippen MR) is 77.3 cm³/mol. The molecule has 0 radical (unpaired) electrons. The number of piperidine rings is 1. The standard InChI is InChI=1S/C15H15BrF4N2/c16-13-7-14(17)11(6-12(13)15(18,19)20)9-22-5-1-2-10(8-22)3-4-21/h6-7,10H,1-3,5,8-9H2. The second-order valence-corrected chi connectivity index (χ2v) is 6.38. The van der Waals surface area contributed by atoms with Crippen molar-refractivity contribution in [2.75, 3.05) is 13.1 Å². The zero-order chi connectivity index (χ0) is 16.3. The highest BCUT2D eigenvalue weighted by Gasteiger charge is 2.34. The molecule has 1 aromatic rings. The van der Waals surface area contributed by atoms with E-state index < -0.39 is 17.6 Å². The third-order valence-corrected chi connectivity index (χ3v) is 4.47. The summed E-state index contributed by atoms with van der Waals surface area (Å²) < 4.78 is 52.4. The summed E-state index contributed by atoms with van der Waals surface area (Å²) in [6.07, 6.45) is -2.29. The fourth-order valence-electron chi connectivity index (χ4n) is 2.76. The van der Waals surface area contributed by atoms with Crippen molar-refractivity contribution >= 4 is 15.9 Å². The van der Waals surface area contributed by atoms with E-state index in [2.05, 4.69) is 22.0 Å². The summed E-state index contributed by atoms with van der Waals surface area (Å²) in [5.41, 5.74) is -0.831. The Morgan fingerprint density at radius 1 is 1.36 bits per heavy atom. The second-order valence-electron chi connectivity index (χ2n) is 5.53. The number of alkyl halides is 3. The van der Waals surface area contributed by atoms with Crippen LogP contribution in [0.2, 0.25) is 0 Å². The summed E-state index contributed by atoms with van der Waals surface area (Å²) in [5.74, 6) is -0.443. The van der Waals surface area contributed by atoms with E-state index in [0.29, 0.717) is 19.5 Å². The number of nitrogens with zero attached hydrogens (tertiary/aromatic N) is 2. The van der Waals surface area contributed by atoms with Gasteiger partial charge in [0.1, 0.15) is 5.82 Å². The summed E-state index contributed by atoms with van der Waals surface area (Å²) >= 11 is 2.76. The minimum atomic E-state index is -4.52. The first-order valence-corrected chi connectivity index (χ1v) is 7.75. The lowest BCUT2D eigenvalue weighted by Crippen LogP contribution is -2.35. The molecule has 1 aliphatic rings. The molecule has 7 heteroatoms. The molecule has 0 N–H and O–H groups in total. The van der Waals surface area contributed by atoms with Crippen molar-refractivity contribution in [3.8, 4) is 6.07 Å². The van der Waals surface area contributed by atoms with Crippen LogP contribution >= 0.6 is 15.9 Å². The van der Waals surface area contributed by atoms with Gasteiger partial charge < -0.3 is 0 Å². The summed E-state index contributed by atoms with van der Waals surface area (Å²) in [6, 6.07) is 3.85. The number of benzene rings is 1. The van der Waals surface area contributed by atoms with Crippen molar-refractivity contribution in [2.45, 2.75) is 32.0 Å². The van der Waals surface area contributed by atoms with Gasteiger partial charge in [0.15, 0.2) is 0 Å². The van der Waals surface area contributed by atoms with E-state index in [1.54, 1.807) is 0 Å². The zero-order valence-electron chi connectivity index (χ0n) is 11.8. The Labute approximate surface area is 134 Å². The molecule has 0 saturated carbocycles. The predicted octanol–water partition coefficient (Wildman–Crippen LogP) is 4.73. The maximum absolute atomic E-state index is 13.9. The van der Waals surface area contributed by atoms with E-state index >= 15 is 0 Å². The topological polar surface area (TPSA) is 27.0 Å². The average molecular weight is 379 g/mol. The van der Waals surface area contributed by atoms with E-state index in [-0.39, 0.29) is 22.5 Å². The first-order chi connectivity index (χ1) is 10.3. The number of likely N-dealkylation sites (tertiary alicyclic amines) is 1. The number of hydrogen-bond acceptors (Lipinski definition) is 2. The monoisotopic (exact) mass is 378 g/mol. The highest BCUT2D eigenvalue weighted by Crippen LogP contribution is 2.36. The van der Waals surface area contributed by atoms with Crippen LogP contribution < -0.4 is 0 Å². The van der Waals surface area contributed by atoms with Crippen molar-refractivity contribution in [1.82, 2.24) is 4.90 Å². The van der Waals surface area contributed by atoms with Gasteiger partial charge in [0, 0.05) is 29.5 Å². The molecule has 0 aromatic heterocycles. The molecule has 120 valence electrons. The molecule has 0 amide bonds. The molecule has 1 saturated heterocycles. The van der Waals surface area contributed by atoms with E-state index in [4.69, 9.17) is 5.26 Å². The third-order valence-electron chi connectivity index (χ3n) is 3.82. The number of rotatable bonds is 3. The van der Waals surface area contributed by atoms with E-state index in [0.717, 1.165) is 25.0 Å². The first-order valence-electron chi connectivity index (χ1n) is 6.95. The second kappa shape index (κ2) is 6.97. The van der Waals surface area contributed by atoms with Crippen LogP contribution in [0.5, 0.6) is 0 Å². The van der Waals surface area contributed by atoms with Crippen molar-refractivity contribution in [1.29, 1.82) is 5.26 Å². The van der Waals surface area contributed by atoms with Gasteiger partial charge in [0.2, 0.25) is 0 Å². The van der Waals surface area contributed by atoms with Crippen LogP contribution in [0.25, 0.3) is 0 Å². The molecule has 1 aliphatic heterocycles. The van der Waals surface area contributed by atoms with E-state index in [1.165, 1.54) is 0 Å². The summed E-state index contributed by atoms with van der Waals surface area (Å²) in [4.78, 5) is 1.91. The molecule has 1 aromatic carbocycles. The average Bonchev–Trinajstić information content (AvgIpc) is 2.41. The summed E-state index contributed by atoms with van der Waals surface area (Å²) in [7, 11) is 0. The van der Waals surface area contributed by atoms with E-state index in [1.807, 2.05) is 4.90 Å². The van der Waals surface area contributed by atoms with Crippen LogP contribution in [0.4, 0.5) is 17.6 Å². The lowest BCUT2D eigenvalue weighted by Gasteiger charge is -2.31. The smallest absolute Gasteiger partial charge is 0.299 e. The maximum atomic E-state index is 13.9. The summed E-state index contributed by atoms with van der Waals surface area (Å²) in [6.45, 7) is 1.45. The van der Waals surface area contributed by atoms with Gasteiger partial charge in [-0.15, -0.1) is 0 Å². The molecular formula is C15H15BrF4N2. The molecular weight excluding hydrogens is 364 g/mol. The highest BCUT2D eigenvalue weighted by atomic mass is 79.9. The molecule has 1 unspecified atom stereocenters. The SMILES string of the molecule is N#CCC1CCCN(Cc2cc(C(F)(F)F)c(Br)cc2F)C1.